The molecule has 0 fully saturated rings. The van der Waals surface area contributed by atoms with Gasteiger partial charge in [0, 0.05) is 34.0 Å². The maximum absolute atomic E-state index is 13.3. The Morgan fingerprint density at radius 2 is 1.53 bits per heavy atom. The van der Waals surface area contributed by atoms with Crippen LogP contribution in [-0.4, -0.2) is 16.7 Å². The molecule has 0 radical (unpaired) electrons. The molecule has 2 amide bonds. The normalized spacial score (nSPS) is 11.4. The number of carbonyl (C=O) groups is 2. The third-order valence-electron chi connectivity index (χ3n) is 5.43. The Morgan fingerprint density at radius 3 is 2.22 bits per heavy atom. The summed E-state index contributed by atoms with van der Waals surface area (Å²) < 4.78 is 0. The lowest BCUT2D eigenvalue weighted by molar-refractivity contribution is -0.384. The van der Waals surface area contributed by atoms with Crippen LogP contribution in [-0.2, 0) is 4.79 Å². The largest absolute Gasteiger partial charge is 0.325 e. The predicted octanol–water partition coefficient (Wildman–Crippen LogP) is 6.63. The van der Waals surface area contributed by atoms with Gasteiger partial charge in [-0.25, -0.2) is 0 Å². The molecule has 0 aliphatic heterocycles. The van der Waals surface area contributed by atoms with Gasteiger partial charge in [-0.15, -0.1) is 11.8 Å². The summed E-state index contributed by atoms with van der Waals surface area (Å²) in [6.45, 7) is 1.95. The number of carbonyl (C=O) groups excluding carboxylic acids is 2. The van der Waals surface area contributed by atoms with Gasteiger partial charge in [0.1, 0.15) is 5.25 Å². The minimum Gasteiger partial charge on any atom is -0.325 e. The standard InChI is InChI=1S/C28H23N3O4S/c1-19-8-5-6-13-25(19)30-28(33)26(20-9-3-2-4-10-20)36-24-16-14-22(15-17-24)29-27(32)21-11-7-12-23(18-21)31(34)35/h2-18,26H,1H3,(H,29,32)(H,30,33). The number of hydrogen-bond acceptors (Lipinski definition) is 5. The lowest BCUT2D eigenvalue weighted by Crippen LogP contribution is -2.19. The van der Waals surface area contributed by atoms with Gasteiger partial charge >= 0.3 is 0 Å². The molecule has 4 aromatic rings. The Morgan fingerprint density at radius 1 is 0.833 bits per heavy atom. The lowest BCUT2D eigenvalue weighted by Gasteiger charge is -2.18. The van der Waals surface area contributed by atoms with E-state index in [2.05, 4.69) is 10.6 Å². The van der Waals surface area contributed by atoms with Gasteiger partial charge in [-0.1, -0.05) is 54.6 Å². The first-order valence-corrected chi connectivity index (χ1v) is 12.0. The van der Waals surface area contributed by atoms with Gasteiger partial charge in [-0.3, -0.25) is 19.7 Å². The molecule has 4 aromatic carbocycles. The number of aryl methyl sites for hydroxylation is 1. The van der Waals surface area contributed by atoms with Gasteiger partial charge in [-0.2, -0.15) is 0 Å². The fourth-order valence-corrected chi connectivity index (χ4v) is 4.55. The first-order chi connectivity index (χ1) is 17.4. The summed E-state index contributed by atoms with van der Waals surface area (Å²) in [5.74, 6) is -0.581. The number of non-ortho nitro benzene ring substituents is 1. The lowest BCUT2D eigenvalue weighted by atomic mass is 10.1. The number of benzene rings is 4. The quantitative estimate of drug-likeness (QED) is 0.162. The number of rotatable bonds is 8. The SMILES string of the molecule is Cc1ccccc1NC(=O)C(Sc1ccc(NC(=O)c2cccc([N+](=O)[O-])c2)cc1)c1ccccc1. The molecule has 1 atom stereocenters. The molecule has 0 aliphatic rings. The van der Waals surface area contributed by atoms with Crippen LogP contribution >= 0.6 is 11.8 Å². The number of thioether (sulfide) groups is 1. The van der Waals surface area contributed by atoms with E-state index >= 15 is 0 Å². The van der Waals surface area contributed by atoms with Crippen molar-refractivity contribution in [1.82, 2.24) is 0 Å². The van der Waals surface area contributed by atoms with Crippen LogP contribution in [0.2, 0.25) is 0 Å². The van der Waals surface area contributed by atoms with E-state index in [0.717, 1.165) is 21.7 Å². The molecular weight excluding hydrogens is 474 g/mol. The number of nitrogens with zero attached hydrogens (tertiary/aromatic N) is 1. The van der Waals surface area contributed by atoms with E-state index in [0.29, 0.717) is 5.69 Å². The number of anilines is 2. The molecule has 1 unspecified atom stereocenters. The maximum Gasteiger partial charge on any atom is 0.270 e. The molecule has 0 aromatic heterocycles. The Bertz CT molecular complexity index is 1390. The summed E-state index contributed by atoms with van der Waals surface area (Å²) in [5.41, 5.74) is 3.20. The van der Waals surface area contributed by atoms with Crippen LogP contribution in [0.3, 0.4) is 0 Å². The van der Waals surface area contributed by atoms with Crippen LogP contribution in [0.1, 0.15) is 26.7 Å². The fourth-order valence-electron chi connectivity index (χ4n) is 3.53. The highest BCUT2D eigenvalue weighted by atomic mass is 32.2. The summed E-state index contributed by atoms with van der Waals surface area (Å²) in [6.07, 6.45) is 0. The molecular formula is C28H23N3O4S. The summed E-state index contributed by atoms with van der Waals surface area (Å²) in [4.78, 5) is 37.1. The van der Waals surface area contributed by atoms with E-state index in [1.165, 1.54) is 36.0 Å². The number of nitro groups is 1. The molecule has 7 nitrogen and oxygen atoms in total. The number of hydrogen-bond donors (Lipinski definition) is 2. The van der Waals surface area contributed by atoms with E-state index in [-0.39, 0.29) is 17.2 Å². The van der Waals surface area contributed by atoms with Crippen LogP contribution in [0, 0.1) is 17.0 Å². The second kappa shape index (κ2) is 11.3. The monoisotopic (exact) mass is 497 g/mol. The molecule has 180 valence electrons. The third-order valence-corrected chi connectivity index (χ3v) is 6.69. The molecule has 2 N–H and O–H groups in total. The highest BCUT2D eigenvalue weighted by Gasteiger charge is 2.22. The van der Waals surface area contributed by atoms with E-state index in [9.17, 15) is 19.7 Å². The fraction of sp³-hybridized carbons (Fsp3) is 0.0714. The molecule has 0 spiro atoms. The number of para-hydroxylation sites is 1. The van der Waals surface area contributed by atoms with Crippen molar-refractivity contribution in [3.05, 3.63) is 130 Å². The van der Waals surface area contributed by atoms with E-state index < -0.39 is 16.1 Å². The molecule has 0 heterocycles. The van der Waals surface area contributed by atoms with Gasteiger partial charge in [-0.05, 0) is 54.4 Å². The molecule has 0 saturated carbocycles. The molecule has 0 bridgehead atoms. The van der Waals surface area contributed by atoms with Gasteiger partial charge in [0.25, 0.3) is 11.6 Å². The molecule has 0 saturated heterocycles. The van der Waals surface area contributed by atoms with Gasteiger partial charge in [0.2, 0.25) is 5.91 Å². The van der Waals surface area contributed by atoms with Crippen molar-refractivity contribution in [2.45, 2.75) is 17.1 Å². The maximum atomic E-state index is 13.3. The minimum atomic E-state index is -0.540. The first-order valence-electron chi connectivity index (χ1n) is 11.1. The van der Waals surface area contributed by atoms with Crippen LogP contribution in [0.15, 0.2) is 108 Å². The van der Waals surface area contributed by atoms with Crippen molar-refractivity contribution in [2.75, 3.05) is 10.6 Å². The Balaban J connectivity index is 1.49. The van der Waals surface area contributed by atoms with Crippen molar-refractivity contribution in [2.24, 2.45) is 0 Å². The van der Waals surface area contributed by atoms with Crippen molar-refractivity contribution >= 4 is 40.6 Å². The zero-order chi connectivity index (χ0) is 25.5. The average Bonchev–Trinajstić information content (AvgIpc) is 2.90. The smallest absolute Gasteiger partial charge is 0.270 e. The topological polar surface area (TPSA) is 101 Å². The van der Waals surface area contributed by atoms with Gasteiger partial charge in [0.05, 0.1) is 4.92 Å². The number of nitro benzene ring substituents is 1. The van der Waals surface area contributed by atoms with Crippen molar-refractivity contribution in [3.8, 4) is 0 Å². The third kappa shape index (κ3) is 6.17. The highest BCUT2D eigenvalue weighted by molar-refractivity contribution is 8.00. The van der Waals surface area contributed by atoms with Crippen LogP contribution < -0.4 is 10.6 Å². The van der Waals surface area contributed by atoms with Gasteiger partial charge < -0.3 is 10.6 Å². The summed E-state index contributed by atoms with van der Waals surface area (Å²) >= 11 is 1.40. The average molecular weight is 498 g/mol. The van der Waals surface area contributed by atoms with Crippen molar-refractivity contribution < 1.29 is 14.5 Å². The highest BCUT2D eigenvalue weighted by Crippen LogP contribution is 2.37. The molecule has 4 rings (SSSR count). The predicted molar refractivity (Wildman–Crippen MR) is 142 cm³/mol. The second-order valence-corrected chi connectivity index (χ2v) is 9.18. The summed E-state index contributed by atoms with van der Waals surface area (Å²) in [7, 11) is 0. The van der Waals surface area contributed by atoms with E-state index in [1.54, 1.807) is 12.1 Å². The van der Waals surface area contributed by atoms with Crippen LogP contribution in [0.4, 0.5) is 17.1 Å². The molecule has 8 heteroatoms. The van der Waals surface area contributed by atoms with E-state index in [4.69, 9.17) is 0 Å². The Hall–Kier alpha value is -4.43. The Labute approximate surface area is 212 Å². The van der Waals surface area contributed by atoms with Gasteiger partial charge in [0.15, 0.2) is 0 Å². The van der Waals surface area contributed by atoms with Crippen LogP contribution in [0.5, 0.6) is 0 Å². The van der Waals surface area contributed by atoms with Crippen molar-refractivity contribution in [1.29, 1.82) is 0 Å². The van der Waals surface area contributed by atoms with Crippen molar-refractivity contribution in [3.63, 3.8) is 0 Å². The summed E-state index contributed by atoms with van der Waals surface area (Å²) in [6, 6.07) is 29.8. The molecule has 0 aliphatic carbocycles. The minimum absolute atomic E-state index is 0.136. The summed E-state index contributed by atoms with van der Waals surface area (Å²) in [5, 5.41) is 16.3. The second-order valence-electron chi connectivity index (χ2n) is 8.00. The van der Waals surface area contributed by atoms with Crippen LogP contribution in [0.25, 0.3) is 0 Å². The number of amides is 2. The Kier molecular flexibility index (Phi) is 7.77. The zero-order valence-corrected chi connectivity index (χ0v) is 20.2. The number of nitrogens with one attached hydrogen (secondary N) is 2. The molecule has 36 heavy (non-hydrogen) atoms. The van der Waals surface area contributed by atoms with E-state index in [1.807, 2.05) is 73.7 Å². The first kappa shape index (κ1) is 24.7. The zero-order valence-electron chi connectivity index (χ0n) is 19.4.